The molecule has 0 N–H and O–H groups in total. The van der Waals surface area contributed by atoms with Gasteiger partial charge in [-0.1, -0.05) is 64.1 Å². The van der Waals surface area contributed by atoms with E-state index >= 15 is 0 Å². The minimum atomic E-state index is -4.96. The number of rotatable bonds is 2. The summed E-state index contributed by atoms with van der Waals surface area (Å²) in [5.74, 6) is 0. The van der Waals surface area contributed by atoms with Gasteiger partial charge < -0.3 is 0 Å². The lowest BCUT2D eigenvalue weighted by Crippen LogP contribution is -2.10. The van der Waals surface area contributed by atoms with Gasteiger partial charge in [-0.3, -0.25) is 10.1 Å². The average Bonchev–Trinajstić information content (AvgIpc) is 2.50. The molecule has 0 bridgehead atoms. The first-order valence-electron chi connectivity index (χ1n) is 5.84. The molecule has 0 aromatic heterocycles. The predicted molar refractivity (Wildman–Crippen MR) is 88.6 cm³/mol. The Morgan fingerprint density at radius 1 is 0.875 bits per heavy atom. The first kappa shape index (κ1) is 19.4. The third kappa shape index (κ3) is 3.26. The summed E-state index contributed by atoms with van der Waals surface area (Å²) in [5, 5.41) is 9.77. The van der Waals surface area contributed by atoms with Crippen LogP contribution in [0.3, 0.4) is 0 Å². The van der Waals surface area contributed by atoms with Crippen LogP contribution in [0.15, 0.2) is 18.2 Å². The van der Waals surface area contributed by atoms with Gasteiger partial charge >= 0.3 is 6.18 Å². The van der Waals surface area contributed by atoms with E-state index in [2.05, 4.69) is 0 Å². The Balaban J connectivity index is 2.97. The summed E-state index contributed by atoms with van der Waals surface area (Å²) in [7, 11) is 0. The fraction of sp³-hybridized carbons (Fsp3) is 0.0769. The van der Waals surface area contributed by atoms with Gasteiger partial charge in [-0.25, -0.2) is 0 Å². The fourth-order valence-corrected chi connectivity index (χ4v) is 3.35. The number of nitro groups is 1. The number of para-hydroxylation sites is 1. The van der Waals surface area contributed by atoms with E-state index in [4.69, 9.17) is 58.0 Å². The van der Waals surface area contributed by atoms with Crippen LogP contribution in [-0.4, -0.2) is 4.92 Å². The van der Waals surface area contributed by atoms with Crippen LogP contribution in [-0.2, 0) is 6.18 Å². The van der Waals surface area contributed by atoms with Gasteiger partial charge in [-0.15, -0.1) is 0 Å². The van der Waals surface area contributed by atoms with Crippen molar-refractivity contribution in [3.05, 3.63) is 59.0 Å². The van der Waals surface area contributed by atoms with Crippen molar-refractivity contribution in [3.8, 4) is 11.1 Å². The van der Waals surface area contributed by atoms with E-state index in [1.165, 1.54) is 0 Å². The Hall–Kier alpha value is -0.920. The highest BCUT2D eigenvalue weighted by atomic mass is 35.5. The molecule has 0 unspecified atom stereocenters. The Kier molecular flexibility index (Phi) is 5.47. The molecule has 0 aliphatic rings. The van der Waals surface area contributed by atoms with Crippen LogP contribution in [0.2, 0.25) is 25.1 Å². The molecule has 3 nitrogen and oxygen atoms in total. The van der Waals surface area contributed by atoms with Gasteiger partial charge in [0.1, 0.15) is 5.56 Å². The van der Waals surface area contributed by atoms with Gasteiger partial charge in [0.15, 0.2) is 0 Å². The van der Waals surface area contributed by atoms with Crippen LogP contribution in [0.5, 0.6) is 0 Å². The Morgan fingerprint density at radius 3 is 1.75 bits per heavy atom. The molecule has 0 fully saturated rings. The normalized spacial score (nSPS) is 11.7. The number of alkyl halides is 3. The Labute approximate surface area is 158 Å². The highest BCUT2D eigenvalue weighted by Gasteiger charge is 2.40. The molecule has 128 valence electrons. The van der Waals surface area contributed by atoms with E-state index < -0.39 is 27.9 Å². The number of hydrogen-bond acceptors (Lipinski definition) is 2. The highest BCUT2D eigenvalue weighted by Crippen LogP contribution is 2.51. The average molecular weight is 439 g/mol. The molecule has 0 heterocycles. The van der Waals surface area contributed by atoms with Crippen molar-refractivity contribution in [1.82, 2.24) is 0 Å². The number of hydrogen-bond donors (Lipinski definition) is 0. The molecule has 0 aliphatic carbocycles. The minimum Gasteiger partial charge on any atom is -0.258 e. The van der Waals surface area contributed by atoms with Crippen molar-refractivity contribution < 1.29 is 18.1 Å². The molecule has 11 heteroatoms. The molecular formula is C13H3Cl5F3NO2. The zero-order valence-electron chi connectivity index (χ0n) is 11.0. The minimum absolute atomic E-state index is 0.216. The molecule has 0 aliphatic heterocycles. The van der Waals surface area contributed by atoms with Crippen LogP contribution >= 0.6 is 58.0 Å². The summed E-state index contributed by atoms with van der Waals surface area (Å²) < 4.78 is 39.3. The lowest BCUT2D eigenvalue weighted by atomic mass is 9.99. The van der Waals surface area contributed by atoms with Crippen molar-refractivity contribution in [1.29, 1.82) is 0 Å². The number of nitrogens with zero attached hydrogens (tertiary/aromatic N) is 1. The second-order valence-corrected chi connectivity index (χ2v) is 6.29. The summed E-state index contributed by atoms with van der Waals surface area (Å²) >= 11 is 29.5. The third-order valence-corrected chi connectivity index (χ3v) is 5.28. The van der Waals surface area contributed by atoms with E-state index in [-0.39, 0.29) is 30.7 Å². The summed E-state index contributed by atoms with van der Waals surface area (Å²) in [6.45, 7) is 0. The summed E-state index contributed by atoms with van der Waals surface area (Å²) in [5.41, 5.74) is -3.47. The van der Waals surface area contributed by atoms with E-state index in [0.717, 1.165) is 12.1 Å². The molecule has 0 radical (unpaired) electrons. The first-order valence-corrected chi connectivity index (χ1v) is 7.73. The smallest absolute Gasteiger partial charge is 0.258 e. The van der Waals surface area contributed by atoms with Gasteiger partial charge in [0.2, 0.25) is 0 Å². The molecule has 0 spiro atoms. The van der Waals surface area contributed by atoms with Crippen LogP contribution in [0.25, 0.3) is 11.1 Å². The zero-order valence-corrected chi connectivity index (χ0v) is 14.8. The molecular weight excluding hydrogens is 436 g/mol. The molecule has 0 saturated carbocycles. The lowest BCUT2D eigenvalue weighted by molar-refractivity contribution is -0.387. The lowest BCUT2D eigenvalue weighted by Gasteiger charge is -2.15. The number of halogens is 8. The molecule has 24 heavy (non-hydrogen) atoms. The monoisotopic (exact) mass is 437 g/mol. The molecule has 2 aromatic carbocycles. The maximum absolute atomic E-state index is 13.1. The van der Waals surface area contributed by atoms with E-state index in [9.17, 15) is 23.3 Å². The number of benzene rings is 2. The highest BCUT2D eigenvalue weighted by molar-refractivity contribution is 6.56. The van der Waals surface area contributed by atoms with Gasteiger partial charge in [-0.2, -0.15) is 13.2 Å². The molecule has 2 rings (SSSR count). The standard InChI is InChI=1S/C13H3Cl5F3NO2/c14-7-6(8(15)10(17)11(18)9(7)16)4-2-1-3-5(13(19,20)21)12(4)22(23)24/h1-3H. The third-order valence-electron chi connectivity index (χ3n) is 3.00. The number of nitro benzene ring substituents is 1. The van der Waals surface area contributed by atoms with Gasteiger partial charge in [0, 0.05) is 5.56 Å². The van der Waals surface area contributed by atoms with Crippen LogP contribution in [0, 0.1) is 10.1 Å². The molecule has 0 amide bonds. The van der Waals surface area contributed by atoms with Gasteiger partial charge in [-0.05, 0) is 12.1 Å². The Morgan fingerprint density at radius 2 is 1.33 bits per heavy atom. The second-order valence-electron chi connectivity index (χ2n) is 4.40. The van der Waals surface area contributed by atoms with Gasteiger partial charge in [0.25, 0.3) is 5.69 Å². The largest absolute Gasteiger partial charge is 0.423 e. The summed E-state index contributed by atoms with van der Waals surface area (Å²) in [6, 6.07) is 2.61. The van der Waals surface area contributed by atoms with Crippen molar-refractivity contribution in [2.45, 2.75) is 6.18 Å². The van der Waals surface area contributed by atoms with Crippen LogP contribution < -0.4 is 0 Å². The zero-order chi connectivity index (χ0) is 18.4. The summed E-state index contributed by atoms with van der Waals surface area (Å²) in [4.78, 5) is 10.1. The van der Waals surface area contributed by atoms with E-state index in [0.29, 0.717) is 6.07 Å². The molecule has 0 saturated heterocycles. The van der Waals surface area contributed by atoms with Crippen molar-refractivity contribution in [3.63, 3.8) is 0 Å². The predicted octanol–water partition coefficient (Wildman–Crippen LogP) is 7.55. The topological polar surface area (TPSA) is 43.1 Å². The van der Waals surface area contributed by atoms with Crippen molar-refractivity contribution >= 4 is 63.7 Å². The van der Waals surface area contributed by atoms with Crippen molar-refractivity contribution in [2.75, 3.05) is 0 Å². The maximum Gasteiger partial charge on any atom is 0.423 e. The van der Waals surface area contributed by atoms with Crippen molar-refractivity contribution in [2.24, 2.45) is 0 Å². The molecule has 2 aromatic rings. The summed E-state index contributed by atoms with van der Waals surface area (Å²) in [6.07, 6.45) is -4.96. The quantitative estimate of drug-likeness (QED) is 0.210. The molecule has 0 atom stereocenters. The van der Waals surface area contributed by atoms with Gasteiger partial charge in [0.05, 0.1) is 35.6 Å². The second kappa shape index (κ2) is 6.77. The maximum atomic E-state index is 13.1. The van der Waals surface area contributed by atoms with Crippen LogP contribution in [0.1, 0.15) is 5.56 Å². The fourth-order valence-electron chi connectivity index (χ4n) is 2.01. The Bertz CT molecular complexity index is 825. The first-order chi connectivity index (χ1) is 11.0. The van der Waals surface area contributed by atoms with E-state index in [1.54, 1.807) is 0 Å². The SMILES string of the molecule is O=[N+]([O-])c1c(-c2c(Cl)c(Cl)c(Cl)c(Cl)c2Cl)cccc1C(F)(F)F. The van der Waals surface area contributed by atoms with E-state index in [1.807, 2.05) is 0 Å². The van der Waals surface area contributed by atoms with Crippen LogP contribution in [0.4, 0.5) is 18.9 Å².